The van der Waals surface area contributed by atoms with Crippen molar-refractivity contribution in [1.29, 1.82) is 0 Å². The minimum atomic E-state index is -0.0383. The Bertz CT molecular complexity index is 662. The van der Waals surface area contributed by atoms with Crippen LogP contribution in [0.4, 0.5) is 11.4 Å². The zero-order valence-corrected chi connectivity index (χ0v) is 13.1. The number of carbonyl (C=O) groups excluding carboxylic acids is 1. The first-order valence-electron chi connectivity index (χ1n) is 7.14. The van der Waals surface area contributed by atoms with Crippen molar-refractivity contribution < 1.29 is 4.79 Å². The van der Waals surface area contributed by atoms with Crippen molar-refractivity contribution >= 4 is 17.3 Å². The number of aryl methyl sites for hydroxylation is 3. The molecule has 0 atom stereocenters. The Labute approximate surface area is 126 Å². The van der Waals surface area contributed by atoms with Crippen molar-refractivity contribution in [3.05, 3.63) is 58.7 Å². The van der Waals surface area contributed by atoms with Crippen LogP contribution in [-0.2, 0) is 4.79 Å². The molecular formula is C18H22N2O. The molecule has 3 nitrogen and oxygen atoms in total. The summed E-state index contributed by atoms with van der Waals surface area (Å²) in [5.74, 6) is -0.0383. The summed E-state index contributed by atoms with van der Waals surface area (Å²) in [5.41, 5.74) is 6.53. The van der Waals surface area contributed by atoms with Crippen LogP contribution in [0.15, 0.2) is 36.4 Å². The van der Waals surface area contributed by atoms with Gasteiger partial charge >= 0.3 is 0 Å². The van der Waals surface area contributed by atoms with Gasteiger partial charge in [-0.2, -0.15) is 0 Å². The fourth-order valence-electron chi connectivity index (χ4n) is 2.27. The number of benzene rings is 2. The number of carbonyl (C=O) groups is 1. The van der Waals surface area contributed by atoms with E-state index in [1.54, 1.807) is 0 Å². The highest BCUT2D eigenvalue weighted by Crippen LogP contribution is 2.18. The highest BCUT2D eigenvalue weighted by molar-refractivity contribution is 5.94. The van der Waals surface area contributed by atoms with E-state index in [1.165, 1.54) is 11.1 Å². The molecule has 1 amide bonds. The summed E-state index contributed by atoms with van der Waals surface area (Å²) in [6, 6.07) is 12.1. The van der Waals surface area contributed by atoms with E-state index in [2.05, 4.69) is 23.6 Å². The van der Waals surface area contributed by atoms with Gasteiger partial charge in [0.15, 0.2) is 0 Å². The first-order chi connectivity index (χ1) is 9.97. The summed E-state index contributed by atoms with van der Waals surface area (Å²) in [7, 11) is 0. The van der Waals surface area contributed by atoms with Gasteiger partial charge in [-0.25, -0.2) is 0 Å². The second-order valence-electron chi connectivity index (χ2n) is 5.47. The molecule has 2 rings (SSSR count). The smallest absolute Gasteiger partial charge is 0.243 e. The fourth-order valence-corrected chi connectivity index (χ4v) is 2.27. The first kappa shape index (κ1) is 15.1. The molecule has 0 saturated heterocycles. The Morgan fingerprint density at radius 2 is 1.71 bits per heavy atom. The highest BCUT2D eigenvalue weighted by Gasteiger charge is 2.06. The normalized spacial score (nSPS) is 10.3. The summed E-state index contributed by atoms with van der Waals surface area (Å²) >= 11 is 0. The van der Waals surface area contributed by atoms with E-state index in [0.29, 0.717) is 0 Å². The number of anilines is 2. The van der Waals surface area contributed by atoms with Gasteiger partial charge in [0.1, 0.15) is 0 Å². The quantitative estimate of drug-likeness (QED) is 0.891. The van der Waals surface area contributed by atoms with Gasteiger partial charge in [0.05, 0.1) is 6.54 Å². The molecule has 0 aliphatic rings. The van der Waals surface area contributed by atoms with Crippen LogP contribution in [0.3, 0.4) is 0 Å². The van der Waals surface area contributed by atoms with Gasteiger partial charge < -0.3 is 10.6 Å². The van der Waals surface area contributed by atoms with Crippen LogP contribution in [0.25, 0.3) is 0 Å². The molecule has 0 aliphatic carbocycles. The van der Waals surface area contributed by atoms with Crippen molar-refractivity contribution in [2.75, 3.05) is 17.2 Å². The Morgan fingerprint density at radius 1 is 0.952 bits per heavy atom. The predicted octanol–water partition coefficient (Wildman–Crippen LogP) is 3.97. The van der Waals surface area contributed by atoms with Crippen LogP contribution in [0.5, 0.6) is 0 Å². The molecule has 2 aromatic carbocycles. The molecule has 0 aliphatic heterocycles. The SMILES string of the molecule is Cc1ccc(NCC(=O)Nc2cccc(C)c2C)c(C)c1. The Kier molecular flexibility index (Phi) is 4.63. The topological polar surface area (TPSA) is 41.1 Å². The molecule has 110 valence electrons. The number of hydrogen-bond donors (Lipinski definition) is 2. The molecule has 0 bridgehead atoms. The molecule has 2 N–H and O–H groups in total. The summed E-state index contributed by atoms with van der Waals surface area (Å²) < 4.78 is 0. The van der Waals surface area contributed by atoms with Gasteiger partial charge in [-0.05, 0) is 56.5 Å². The second kappa shape index (κ2) is 6.44. The Hall–Kier alpha value is -2.29. The third kappa shape index (κ3) is 3.85. The van der Waals surface area contributed by atoms with Crippen LogP contribution in [0, 0.1) is 27.7 Å². The third-order valence-corrected chi connectivity index (χ3v) is 3.70. The van der Waals surface area contributed by atoms with Gasteiger partial charge in [-0.15, -0.1) is 0 Å². The van der Waals surface area contributed by atoms with Gasteiger partial charge in [-0.3, -0.25) is 4.79 Å². The van der Waals surface area contributed by atoms with Gasteiger partial charge in [0.25, 0.3) is 0 Å². The van der Waals surface area contributed by atoms with Crippen LogP contribution >= 0.6 is 0 Å². The maximum absolute atomic E-state index is 12.1. The van der Waals surface area contributed by atoms with E-state index in [9.17, 15) is 4.79 Å². The molecule has 2 aromatic rings. The maximum atomic E-state index is 12.1. The van der Waals surface area contributed by atoms with Gasteiger partial charge in [0, 0.05) is 11.4 Å². The summed E-state index contributed by atoms with van der Waals surface area (Å²) in [5, 5.41) is 6.13. The third-order valence-electron chi connectivity index (χ3n) is 3.70. The molecule has 0 aromatic heterocycles. The highest BCUT2D eigenvalue weighted by atomic mass is 16.1. The molecule has 21 heavy (non-hydrogen) atoms. The van der Waals surface area contributed by atoms with Gasteiger partial charge in [-0.1, -0.05) is 29.8 Å². The number of nitrogens with one attached hydrogen (secondary N) is 2. The lowest BCUT2D eigenvalue weighted by atomic mass is 10.1. The van der Waals surface area contributed by atoms with Gasteiger partial charge in [0.2, 0.25) is 5.91 Å². The first-order valence-corrected chi connectivity index (χ1v) is 7.14. The number of amides is 1. The van der Waals surface area contributed by atoms with Crippen molar-refractivity contribution in [1.82, 2.24) is 0 Å². The summed E-state index contributed by atoms with van der Waals surface area (Å²) in [4.78, 5) is 12.1. The van der Waals surface area contributed by atoms with Crippen molar-refractivity contribution in [3.63, 3.8) is 0 Å². The summed E-state index contributed by atoms with van der Waals surface area (Å²) in [6.45, 7) is 8.42. The van der Waals surface area contributed by atoms with Crippen LogP contribution < -0.4 is 10.6 Å². The van der Waals surface area contributed by atoms with E-state index in [4.69, 9.17) is 0 Å². The largest absolute Gasteiger partial charge is 0.376 e. The monoisotopic (exact) mass is 282 g/mol. The standard InChI is InChI=1S/C18H22N2O/c1-12-8-9-16(14(3)10-12)19-11-18(21)20-17-7-5-6-13(2)15(17)4/h5-10,19H,11H2,1-4H3,(H,20,21). The predicted molar refractivity (Wildman–Crippen MR) is 89.0 cm³/mol. The van der Waals surface area contributed by atoms with E-state index in [-0.39, 0.29) is 12.5 Å². The molecule has 0 unspecified atom stereocenters. The fraction of sp³-hybridized carbons (Fsp3) is 0.278. The maximum Gasteiger partial charge on any atom is 0.243 e. The lowest BCUT2D eigenvalue weighted by Gasteiger charge is -2.12. The zero-order valence-electron chi connectivity index (χ0n) is 13.1. The minimum Gasteiger partial charge on any atom is -0.376 e. The van der Waals surface area contributed by atoms with E-state index in [0.717, 1.165) is 22.5 Å². The van der Waals surface area contributed by atoms with E-state index < -0.39 is 0 Å². The minimum absolute atomic E-state index is 0.0383. The van der Waals surface area contributed by atoms with Crippen molar-refractivity contribution in [2.45, 2.75) is 27.7 Å². The molecule has 0 spiro atoms. The molecule has 0 radical (unpaired) electrons. The Morgan fingerprint density at radius 3 is 2.43 bits per heavy atom. The summed E-state index contributed by atoms with van der Waals surface area (Å²) in [6.07, 6.45) is 0. The number of hydrogen-bond acceptors (Lipinski definition) is 2. The number of rotatable bonds is 4. The lowest BCUT2D eigenvalue weighted by molar-refractivity contribution is -0.114. The second-order valence-corrected chi connectivity index (χ2v) is 5.47. The van der Waals surface area contributed by atoms with Crippen molar-refractivity contribution in [2.24, 2.45) is 0 Å². The van der Waals surface area contributed by atoms with E-state index >= 15 is 0 Å². The molecular weight excluding hydrogens is 260 g/mol. The lowest BCUT2D eigenvalue weighted by Crippen LogP contribution is -2.22. The Balaban J connectivity index is 1.97. The molecule has 0 fully saturated rings. The van der Waals surface area contributed by atoms with Crippen LogP contribution in [0.2, 0.25) is 0 Å². The molecule has 0 saturated carbocycles. The van der Waals surface area contributed by atoms with E-state index in [1.807, 2.05) is 51.1 Å². The molecule has 3 heteroatoms. The average molecular weight is 282 g/mol. The van der Waals surface area contributed by atoms with Crippen LogP contribution in [0.1, 0.15) is 22.3 Å². The van der Waals surface area contributed by atoms with Crippen LogP contribution in [-0.4, -0.2) is 12.5 Å². The van der Waals surface area contributed by atoms with Crippen molar-refractivity contribution in [3.8, 4) is 0 Å². The molecule has 0 heterocycles. The average Bonchev–Trinajstić information content (AvgIpc) is 2.43. The zero-order chi connectivity index (χ0) is 15.4.